The molecule has 0 aromatic carbocycles. The van der Waals surface area contributed by atoms with E-state index in [4.69, 9.17) is 12.2 Å². The van der Waals surface area contributed by atoms with Crippen LogP contribution in [0.15, 0.2) is 67.3 Å². The number of nitrogens with zero attached hydrogens (tertiary/aromatic N) is 4. The Morgan fingerprint density at radius 1 is 1.11 bits per heavy atom. The Morgan fingerprint density at radius 3 is 2.71 bits per heavy atom. The van der Waals surface area contributed by atoms with Gasteiger partial charge in [0.25, 0.3) is 0 Å². The Balaban J connectivity index is 1.73. The van der Waals surface area contributed by atoms with Gasteiger partial charge >= 0.3 is 0 Å². The van der Waals surface area contributed by atoms with Gasteiger partial charge in [0.05, 0.1) is 17.8 Å². The average Bonchev–Trinajstić information content (AvgIpc) is 3.27. The Morgan fingerprint density at radius 2 is 2.00 bits per heavy atom. The molecule has 1 saturated heterocycles. The minimum Gasteiger partial charge on any atom is -0.352 e. The highest BCUT2D eigenvalue weighted by molar-refractivity contribution is 7.80. The molecule has 1 aliphatic rings. The van der Waals surface area contributed by atoms with E-state index < -0.39 is 0 Å². The third-order valence-corrected chi connectivity index (χ3v) is 5.36. The zero-order valence-electron chi connectivity index (χ0n) is 16.2. The van der Waals surface area contributed by atoms with Gasteiger partial charge in [-0.25, -0.2) is 0 Å². The highest BCUT2D eigenvalue weighted by Crippen LogP contribution is 2.39. The molecule has 3 aromatic rings. The van der Waals surface area contributed by atoms with Crippen molar-refractivity contribution in [2.45, 2.75) is 32.5 Å². The molecule has 1 aliphatic heterocycles. The summed E-state index contributed by atoms with van der Waals surface area (Å²) in [4.78, 5) is 11.2. The number of pyridine rings is 2. The van der Waals surface area contributed by atoms with Gasteiger partial charge in [0, 0.05) is 43.6 Å². The molecular formula is C22H25N5S. The normalized spacial score (nSPS) is 19.2. The standard InChI is InChI=1S/C22H25N5S/c1-16(2)14-27-21(20(25-22(27)28)18-8-3-4-11-24-18)19-9-6-12-26(19)15-17-7-5-10-23-13-17/h3-13,16,20-21H,14-15H2,1-2H3,(H,25,28)/t20-,21-/m1/s1. The van der Waals surface area contributed by atoms with Gasteiger partial charge in [0.15, 0.2) is 5.11 Å². The lowest BCUT2D eigenvalue weighted by atomic mass is 10.0. The molecule has 6 heteroatoms. The van der Waals surface area contributed by atoms with Crippen molar-refractivity contribution in [3.63, 3.8) is 0 Å². The van der Waals surface area contributed by atoms with E-state index in [9.17, 15) is 0 Å². The van der Waals surface area contributed by atoms with Crippen LogP contribution in [0, 0.1) is 5.92 Å². The smallest absolute Gasteiger partial charge is 0.170 e. The van der Waals surface area contributed by atoms with Crippen LogP contribution in [0.3, 0.4) is 0 Å². The van der Waals surface area contributed by atoms with Gasteiger partial charge in [-0.05, 0) is 54.0 Å². The number of aromatic nitrogens is 3. The molecule has 144 valence electrons. The second-order valence-corrected chi connectivity index (χ2v) is 7.98. The predicted octanol–water partition coefficient (Wildman–Crippen LogP) is 3.95. The summed E-state index contributed by atoms with van der Waals surface area (Å²) in [5.41, 5.74) is 3.42. The van der Waals surface area contributed by atoms with Crippen molar-refractivity contribution in [2.75, 3.05) is 6.54 Å². The van der Waals surface area contributed by atoms with Crippen molar-refractivity contribution in [3.8, 4) is 0 Å². The van der Waals surface area contributed by atoms with Crippen molar-refractivity contribution >= 4 is 17.3 Å². The molecule has 4 rings (SSSR count). The molecule has 0 amide bonds. The van der Waals surface area contributed by atoms with E-state index >= 15 is 0 Å². The van der Waals surface area contributed by atoms with E-state index in [1.165, 1.54) is 11.3 Å². The monoisotopic (exact) mass is 391 g/mol. The largest absolute Gasteiger partial charge is 0.352 e. The molecule has 3 aromatic heterocycles. The summed E-state index contributed by atoms with van der Waals surface area (Å²) in [5.74, 6) is 0.506. The maximum absolute atomic E-state index is 5.73. The minimum absolute atomic E-state index is 0.0231. The molecule has 5 nitrogen and oxygen atoms in total. The zero-order chi connectivity index (χ0) is 19.5. The Hall–Kier alpha value is -2.73. The lowest BCUT2D eigenvalue weighted by molar-refractivity contribution is 0.277. The lowest BCUT2D eigenvalue weighted by Crippen LogP contribution is -2.33. The Labute approximate surface area is 171 Å². The van der Waals surface area contributed by atoms with Crippen LogP contribution in [0.4, 0.5) is 0 Å². The van der Waals surface area contributed by atoms with Gasteiger partial charge in [0.2, 0.25) is 0 Å². The fraction of sp³-hybridized carbons (Fsp3) is 0.318. The fourth-order valence-electron chi connectivity index (χ4n) is 3.85. The number of rotatable bonds is 6. The summed E-state index contributed by atoms with van der Waals surface area (Å²) < 4.78 is 2.29. The molecule has 1 fully saturated rings. The summed E-state index contributed by atoms with van der Waals surface area (Å²) in [7, 11) is 0. The molecule has 28 heavy (non-hydrogen) atoms. The molecule has 1 N–H and O–H groups in total. The molecule has 0 unspecified atom stereocenters. The van der Waals surface area contributed by atoms with E-state index in [0.717, 1.165) is 23.9 Å². The third kappa shape index (κ3) is 3.78. The first kappa shape index (κ1) is 18.6. The van der Waals surface area contributed by atoms with Crippen molar-refractivity contribution in [1.82, 2.24) is 24.8 Å². The fourth-order valence-corrected chi connectivity index (χ4v) is 4.16. The Kier molecular flexibility index (Phi) is 5.39. The SMILES string of the molecule is CC(C)CN1C(=S)N[C@H](c2ccccn2)[C@H]1c1cccn1Cc1cccnc1. The van der Waals surface area contributed by atoms with Gasteiger partial charge in [-0.3, -0.25) is 9.97 Å². The molecule has 0 aliphatic carbocycles. The van der Waals surface area contributed by atoms with Gasteiger partial charge in [0.1, 0.15) is 0 Å². The first-order chi connectivity index (χ1) is 13.6. The highest BCUT2D eigenvalue weighted by atomic mass is 32.1. The summed E-state index contributed by atoms with van der Waals surface area (Å²) in [6.07, 6.45) is 7.70. The van der Waals surface area contributed by atoms with Gasteiger partial charge in [-0.2, -0.15) is 0 Å². The van der Waals surface area contributed by atoms with Gasteiger partial charge in [-0.15, -0.1) is 0 Å². The maximum Gasteiger partial charge on any atom is 0.170 e. The number of hydrogen-bond acceptors (Lipinski definition) is 3. The van der Waals surface area contributed by atoms with Crippen molar-refractivity contribution in [3.05, 3.63) is 84.2 Å². The summed E-state index contributed by atoms with van der Waals surface area (Å²) in [6.45, 7) is 6.13. The van der Waals surface area contributed by atoms with E-state index in [1.54, 1.807) is 6.20 Å². The van der Waals surface area contributed by atoms with Crippen molar-refractivity contribution in [1.29, 1.82) is 0 Å². The molecule has 0 bridgehead atoms. The van der Waals surface area contributed by atoms with Gasteiger partial charge in [-0.1, -0.05) is 26.0 Å². The van der Waals surface area contributed by atoms with Crippen LogP contribution in [-0.4, -0.2) is 31.1 Å². The number of nitrogens with one attached hydrogen (secondary N) is 1. The second kappa shape index (κ2) is 8.10. The third-order valence-electron chi connectivity index (χ3n) is 5.00. The first-order valence-electron chi connectivity index (χ1n) is 9.65. The quantitative estimate of drug-likeness (QED) is 0.645. The van der Waals surface area contributed by atoms with Crippen LogP contribution in [-0.2, 0) is 6.54 Å². The van der Waals surface area contributed by atoms with E-state index in [-0.39, 0.29) is 12.1 Å². The highest BCUT2D eigenvalue weighted by Gasteiger charge is 2.41. The van der Waals surface area contributed by atoms with Gasteiger partial charge < -0.3 is 14.8 Å². The Bertz CT molecular complexity index is 922. The van der Waals surface area contributed by atoms with Crippen LogP contribution in [0.1, 0.15) is 42.9 Å². The molecule has 0 radical (unpaired) electrons. The lowest BCUT2D eigenvalue weighted by Gasteiger charge is -2.30. The summed E-state index contributed by atoms with van der Waals surface area (Å²) in [6, 6.07) is 14.6. The van der Waals surface area contributed by atoms with Crippen LogP contribution in [0.5, 0.6) is 0 Å². The molecule has 0 spiro atoms. The minimum atomic E-state index is 0.0231. The van der Waals surface area contributed by atoms with E-state index in [1.807, 2.05) is 30.6 Å². The van der Waals surface area contributed by atoms with E-state index in [2.05, 4.69) is 69.1 Å². The molecule has 4 heterocycles. The van der Waals surface area contributed by atoms with Crippen LogP contribution in [0.2, 0.25) is 0 Å². The first-order valence-corrected chi connectivity index (χ1v) is 10.1. The molecule has 0 saturated carbocycles. The average molecular weight is 392 g/mol. The zero-order valence-corrected chi connectivity index (χ0v) is 17.0. The van der Waals surface area contributed by atoms with Crippen molar-refractivity contribution < 1.29 is 0 Å². The molecule has 2 atom stereocenters. The van der Waals surface area contributed by atoms with Crippen LogP contribution >= 0.6 is 12.2 Å². The topological polar surface area (TPSA) is 46.0 Å². The van der Waals surface area contributed by atoms with Crippen molar-refractivity contribution in [2.24, 2.45) is 5.92 Å². The summed E-state index contributed by atoms with van der Waals surface area (Å²) >= 11 is 5.73. The number of hydrogen-bond donors (Lipinski definition) is 1. The second-order valence-electron chi connectivity index (χ2n) is 7.60. The number of thiocarbonyl (C=S) groups is 1. The van der Waals surface area contributed by atoms with Crippen LogP contribution in [0.25, 0.3) is 0 Å². The summed E-state index contributed by atoms with van der Waals surface area (Å²) in [5, 5.41) is 4.32. The maximum atomic E-state index is 5.73. The predicted molar refractivity (Wildman–Crippen MR) is 115 cm³/mol. The van der Waals surface area contributed by atoms with E-state index in [0.29, 0.717) is 5.92 Å². The van der Waals surface area contributed by atoms with Crippen LogP contribution < -0.4 is 5.32 Å². The molecular weight excluding hydrogens is 366 g/mol.